The van der Waals surface area contributed by atoms with Crippen LogP contribution in [0.5, 0.6) is 5.75 Å². The summed E-state index contributed by atoms with van der Waals surface area (Å²) in [7, 11) is 0. The zero-order valence-electron chi connectivity index (χ0n) is 16.6. The lowest BCUT2D eigenvalue weighted by Crippen LogP contribution is -2.19. The maximum atomic E-state index is 9.53. The molecule has 1 aliphatic heterocycles. The number of hydrogen-bond donors (Lipinski definition) is 0. The van der Waals surface area contributed by atoms with Crippen LogP contribution in [-0.4, -0.2) is 17.1 Å². The Balaban J connectivity index is 1.59. The molecule has 2 atom stereocenters. The van der Waals surface area contributed by atoms with Gasteiger partial charge >= 0.3 is 0 Å². The summed E-state index contributed by atoms with van der Waals surface area (Å²) in [6.45, 7) is 0. The highest BCUT2D eigenvalue weighted by Crippen LogP contribution is 2.52. The van der Waals surface area contributed by atoms with E-state index in [0.29, 0.717) is 22.2 Å². The van der Waals surface area contributed by atoms with Gasteiger partial charge < -0.3 is 9.15 Å². The number of benzene rings is 4. The summed E-state index contributed by atoms with van der Waals surface area (Å²) < 4.78 is 12.0. The van der Waals surface area contributed by atoms with Gasteiger partial charge in [0.15, 0.2) is 23.0 Å². The number of hydrogen-bond acceptors (Lipinski definition) is 8. The average molecular weight is 424 g/mol. The standard InChI is InChI=1S/C25H8N6O2/c26-7-13(8-27)24-31-17-6-12-2-1-11-5-16-20(32-23-22(30-16)25(23,9-28)10-29)14-3-4-15(21(17)33-24)19(12)18(11)14/h1-6,22-23H. The van der Waals surface area contributed by atoms with Crippen LogP contribution in [0.2, 0.25) is 0 Å². The number of aromatic nitrogens is 1. The fraction of sp³-hybridized carbons (Fsp3) is 0.120. The predicted octanol–water partition coefficient (Wildman–Crippen LogP) is 2.72. The van der Waals surface area contributed by atoms with E-state index >= 15 is 0 Å². The van der Waals surface area contributed by atoms with E-state index < -0.39 is 17.6 Å². The first-order valence-corrected chi connectivity index (χ1v) is 10.1. The van der Waals surface area contributed by atoms with Crippen molar-refractivity contribution in [2.24, 2.45) is 10.4 Å². The first-order chi connectivity index (χ1) is 16.1. The van der Waals surface area contributed by atoms with Crippen molar-refractivity contribution in [3.63, 3.8) is 0 Å². The third-order valence-electron chi connectivity index (χ3n) is 6.61. The maximum Gasteiger partial charge on any atom is 0.249 e. The molecule has 33 heavy (non-hydrogen) atoms. The normalized spacial score (nSPS) is 19.5. The van der Waals surface area contributed by atoms with Gasteiger partial charge in [-0.2, -0.15) is 21.0 Å². The quantitative estimate of drug-likeness (QED) is 0.348. The minimum absolute atomic E-state index is 0.00584. The van der Waals surface area contributed by atoms with Crippen molar-refractivity contribution in [2.75, 3.05) is 0 Å². The van der Waals surface area contributed by atoms with Gasteiger partial charge in [0.05, 0.1) is 12.1 Å². The number of nitrogens with zero attached hydrogens (tertiary/aromatic N) is 6. The first kappa shape index (κ1) is 17.5. The van der Waals surface area contributed by atoms with Gasteiger partial charge in [-0.3, -0.25) is 4.99 Å². The molecule has 0 spiro atoms. The molecule has 0 N–H and O–H groups in total. The monoisotopic (exact) mass is 424 g/mol. The van der Waals surface area contributed by atoms with Gasteiger partial charge in [0, 0.05) is 21.5 Å². The van der Waals surface area contributed by atoms with Crippen molar-refractivity contribution in [1.82, 2.24) is 4.98 Å². The van der Waals surface area contributed by atoms with Gasteiger partial charge in [-0.1, -0.05) is 12.1 Å². The lowest BCUT2D eigenvalue weighted by Gasteiger charge is -2.16. The second-order valence-corrected chi connectivity index (χ2v) is 8.19. The van der Waals surface area contributed by atoms with E-state index in [9.17, 15) is 21.0 Å². The van der Waals surface area contributed by atoms with E-state index in [1.807, 2.05) is 48.5 Å². The molecule has 0 amide bonds. The molecule has 1 aromatic heterocycles. The number of nitriles is 4. The van der Waals surface area contributed by atoms with E-state index in [0.717, 1.165) is 32.3 Å². The van der Waals surface area contributed by atoms with Crippen LogP contribution in [0, 0.1) is 50.7 Å². The molecule has 1 fully saturated rings. The van der Waals surface area contributed by atoms with Crippen molar-refractivity contribution in [2.45, 2.75) is 12.1 Å². The summed E-state index contributed by atoms with van der Waals surface area (Å²) in [6.07, 6.45) is -0.576. The Labute approximate surface area is 184 Å². The van der Waals surface area contributed by atoms with Crippen molar-refractivity contribution in [3.05, 3.63) is 47.3 Å². The summed E-state index contributed by atoms with van der Waals surface area (Å²) in [6, 6.07) is 18.8. The number of rotatable bonds is 0. The third-order valence-corrected chi connectivity index (χ3v) is 6.61. The molecule has 7 rings (SSSR count). The SMILES string of the molecule is N#CC(C#N)=c1nc2cc3ccc4cc5c(c6ccc(c2o1)c3c46)OC1C(N=5)C1(C#N)C#N. The molecule has 8 nitrogen and oxygen atoms in total. The predicted molar refractivity (Wildman–Crippen MR) is 115 cm³/mol. The zero-order chi connectivity index (χ0) is 22.5. The second-order valence-electron chi connectivity index (χ2n) is 8.19. The van der Waals surface area contributed by atoms with E-state index in [-0.39, 0.29) is 11.1 Å². The lowest BCUT2D eigenvalue weighted by atomic mass is 9.93. The van der Waals surface area contributed by atoms with Gasteiger partial charge in [-0.15, -0.1) is 0 Å². The van der Waals surface area contributed by atoms with Crippen molar-refractivity contribution >= 4 is 49.0 Å². The highest BCUT2D eigenvalue weighted by atomic mass is 16.5. The summed E-state index contributed by atoms with van der Waals surface area (Å²) in [5, 5.41) is 43.4. The van der Waals surface area contributed by atoms with Gasteiger partial charge in [0.2, 0.25) is 11.0 Å². The Morgan fingerprint density at radius 1 is 0.909 bits per heavy atom. The molecule has 2 unspecified atom stereocenters. The molecule has 0 radical (unpaired) electrons. The van der Waals surface area contributed by atoms with E-state index in [1.165, 1.54) is 0 Å². The van der Waals surface area contributed by atoms with Crippen LogP contribution in [0.15, 0.2) is 45.8 Å². The van der Waals surface area contributed by atoms with Gasteiger partial charge in [-0.05, 0) is 35.0 Å². The highest BCUT2D eigenvalue weighted by Gasteiger charge is 2.71. The van der Waals surface area contributed by atoms with Gasteiger partial charge in [0.1, 0.15) is 29.1 Å². The van der Waals surface area contributed by atoms with E-state index in [2.05, 4.69) is 22.1 Å². The molecule has 1 aliphatic carbocycles. The van der Waals surface area contributed by atoms with Crippen LogP contribution in [0.3, 0.4) is 0 Å². The maximum absolute atomic E-state index is 9.53. The third kappa shape index (κ3) is 1.92. The van der Waals surface area contributed by atoms with E-state index in [4.69, 9.17) is 9.15 Å². The Morgan fingerprint density at radius 2 is 1.61 bits per heavy atom. The average Bonchev–Trinajstić information content (AvgIpc) is 3.26. The summed E-state index contributed by atoms with van der Waals surface area (Å²) >= 11 is 0. The van der Waals surface area contributed by atoms with Crippen molar-refractivity contribution < 1.29 is 9.15 Å². The van der Waals surface area contributed by atoms with Crippen LogP contribution in [0.25, 0.3) is 49.0 Å². The topological polar surface area (TPSA) is 143 Å². The number of oxazole rings is 1. The number of fused-ring (bicyclic) bond motifs is 5. The Morgan fingerprint density at radius 3 is 2.33 bits per heavy atom. The number of ether oxygens (including phenoxy) is 1. The Bertz CT molecular complexity index is 2000. The molecule has 2 aliphatic rings. The zero-order valence-corrected chi connectivity index (χ0v) is 16.6. The molecule has 4 aromatic carbocycles. The molecule has 1 saturated carbocycles. The smallest absolute Gasteiger partial charge is 0.249 e. The molecule has 2 heterocycles. The summed E-state index contributed by atoms with van der Waals surface area (Å²) in [5.41, 5.74) is -0.390. The Hall–Kier alpha value is -5.18. The molecule has 0 saturated heterocycles. The molecular weight excluding hydrogens is 416 g/mol. The van der Waals surface area contributed by atoms with Crippen LogP contribution in [-0.2, 0) is 0 Å². The molecular formula is C25H8N6O2. The summed E-state index contributed by atoms with van der Waals surface area (Å²) in [4.78, 5) is 9.02. The van der Waals surface area contributed by atoms with E-state index in [1.54, 1.807) is 0 Å². The molecule has 5 aromatic rings. The van der Waals surface area contributed by atoms with Crippen molar-refractivity contribution in [3.8, 4) is 30.0 Å². The minimum atomic E-state index is -1.25. The van der Waals surface area contributed by atoms with Crippen LogP contribution in [0.1, 0.15) is 0 Å². The minimum Gasteiger partial charge on any atom is -0.482 e. The van der Waals surface area contributed by atoms with Gasteiger partial charge in [-0.25, -0.2) is 4.98 Å². The molecule has 8 heteroatoms. The Kier molecular flexibility index (Phi) is 2.94. The van der Waals surface area contributed by atoms with Crippen LogP contribution in [0.4, 0.5) is 0 Å². The first-order valence-electron chi connectivity index (χ1n) is 10.1. The fourth-order valence-corrected chi connectivity index (χ4v) is 4.96. The molecule has 150 valence electrons. The van der Waals surface area contributed by atoms with Crippen molar-refractivity contribution in [1.29, 1.82) is 21.0 Å². The highest BCUT2D eigenvalue weighted by molar-refractivity contribution is 6.28. The van der Waals surface area contributed by atoms with Gasteiger partial charge in [0.25, 0.3) is 0 Å². The largest absolute Gasteiger partial charge is 0.482 e. The lowest BCUT2D eigenvalue weighted by molar-refractivity contribution is 0.270. The van der Waals surface area contributed by atoms with Crippen LogP contribution < -0.4 is 15.6 Å². The summed E-state index contributed by atoms with van der Waals surface area (Å²) in [5.74, 6) is 0.563. The second kappa shape index (κ2) is 5.54. The fourth-order valence-electron chi connectivity index (χ4n) is 4.96. The van der Waals surface area contributed by atoms with Crippen LogP contribution >= 0.6 is 0 Å². The molecule has 0 bridgehead atoms.